The summed E-state index contributed by atoms with van der Waals surface area (Å²) in [6, 6.07) is 4.31. The highest BCUT2D eigenvalue weighted by molar-refractivity contribution is 6.30. The van der Waals surface area contributed by atoms with Crippen LogP contribution in [-0.4, -0.2) is 57.4 Å². The molecule has 4 rings (SSSR count). The Labute approximate surface area is 152 Å². The second-order valence-electron chi connectivity index (χ2n) is 6.97. The lowest BCUT2D eigenvalue weighted by molar-refractivity contribution is 0.142. The smallest absolute Gasteiger partial charge is 0.320 e. The topological polar surface area (TPSA) is 52.9 Å². The maximum Gasteiger partial charge on any atom is 0.320 e. The van der Waals surface area contributed by atoms with Crippen LogP contribution in [-0.2, 0) is 6.54 Å². The predicted molar refractivity (Wildman–Crippen MR) is 97.8 cm³/mol. The van der Waals surface area contributed by atoms with Crippen LogP contribution in [0.2, 0.25) is 5.02 Å². The van der Waals surface area contributed by atoms with Gasteiger partial charge in [0.05, 0.1) is 16.9 Å². The summed E-state index contributed by atoms with van der Waals surface area (Å²) in [5.74, 6) is 0. The summed E-state index contributed by atoms with van der Waals surface area (Å²) < 4.78 is 2.02. The number of piperidine rings is 1. The minimum absolute atomic E-state index is 0.214. The summed E-state index contributed by atoms with van der Waals surface area (Å²) in [4.78, 5) is 21.0. The Balaban J connectivity index is 1.37. The van der Waals surface area contributed by atoms with Crippen molar-refractivity contribution < 1.29 is 4.79 Å². The molecule has 6 nitrogen and oxygen atoms in total. The van der Waals surface area contributed by atoms with Crippen LogP contribution in [0.1, 0.15) is 31.4 Å². The largest absolute Gasteiger partial charge is 0.325 e. The molecule has 2 amide bonds. The number of urea groups is 1. The third-order valence-corrected chi connectivity index (χ3v) is 5.41. The Bertz CT molecular complexity index is 755. The number of hydrogen-bond acceptors (Lipinski definition) is 3. The van der Waals surface area contributed by atoms with Crippen molar-refractivity contribution in [2.75, 3.05) is 26.2 Å². The summed E-state index contributed by atoms with van der Waals surface area (Å²) in [5.41, 5.74) is 1.98. The van der Waals surface area contributed by atoms with E-state index in [2.05, 4.69) is 10.3 Å². The molecule has 2 aromatic heterocycles. The standard InChI is InChI=1S/C18H24ClN5O/c19-14-5-6-17-21-11-16(24(17)12-14)10-20-15-4-3-9-23(13-15)18(25)22-7-1-2-8-22/h5-6,11-12,15,20H,1-4,7-10,13H2. The maximum atomic E-state index is 12.6. The fraction of sp³-hybridized carbons (Fsp3) is 0.556. The van der Waals surface area contributed by atoms with Crippen molar-refractivity contribution in [2.24, 2.45) is 0 Å². The molecule has 1 unspecified atom stereocenters. The van der Waals surface area contributed by atoms with Crippen LogP contribution < -0.4 is 5.32 Å². The molecule has 1 N–H and O–H groups in total. The van der Waals surface area contributed by atoms with Gasteiger partial charge >= 0.3 is 6.03 Å². The number of amides is 2. The van der Waals surface area contributed by atoms with Crippen LogP contribution >= 0.6 is 11.6 Å². The normalized spacial score (nSPS) is 21.2. The van der Waals surface area contributed by atoms with Crippen LogP contribution in [0.4, 0.5) is 4.79 Å². The van der Waals surface area contributed by atoms with Crippen molar-refractivity contribution in [2.45, 2.75) is 38.3 Å². The van der Waals surface area contributed by atoms with E-state index < -0.39 is 0 Å². The number of pyridine rings is 1. The Kier molecular flexibility index (Phi) is 4.81. The molecule has 0 aliphatic carbocycles. The number of carbonyl (C=O) groups is 1. The van der Waals surface area contributed by atoms with Crippen molar-refractivity contribution in [3.63, 3.8) is 0 Å². The van der Waals surface area contributed by atoms with E-state index >= 15 is 0 Å². The van der Waals surface area contributed by atoms with Crippen molar-refractivity contribution in [3.8, 4) is 0 Å². The molecule has 2 aliphatic heterocycles. The fourth-order valence-corrected chi connectivity index (χ4v) is 3.97. The zero-order valence-electron chi connectivity index (χ0n) is 14.3. The van der Waals surface area contributed by atoms with E-state index in [4.69, 9.17) is 11.6 Å². The van der Waals surface area contributed by atoms with Crippen LogP contribution in [0.3, 0.4) is 0 Å². The minimum atomic E-state index is 0.214. The van der Waals surface area contributed by atoms with Gasteiger partial charge in [0, 0.05) is 45.0 Å². The van der Waals surface area contributed by atoms with Gasteiger partial charge in [-0.2, -0.15) is 0 Å². The van der Waals surface area contributed by atoms with Gasteiger partial charge in [-0.1, -0.05) is 11.6 Å². The maximum absolute atomic E-state index is 12.6. The molecule has 0 spiro atoms. The number of rotatable bonds is 3. The first-order valence-electron chi connectivity index (χ1n) is 9.09. The van der Waals surface area contributed by atoms with Gasteiger partial charge in [-0.25, -0.2) is 9.78 Å². The summed E-state index contributed by atoms with van der Waals surface area (Å²) in [6.07, 6.45) is 8.20. The fourth-order valence-electron chi connectivity index (χ4n) is 3.81. The van der Waals surface area contributed by atoms with Gasteiger partial charge in [-0.15, -0.1) is 0 Å². The molecule has 0 bridgehead atoms. The van der Waals surface area contributed by atoms with Crippen molar-refractivity contribution in [3.05, 3.63) is 35.2 Å². The molecule has 2 fully saturated rings. The van der Waals surface area contributed by atoms with Gasteiger partial charge < -0.3 is 19.5 Å². The first-order valence-corrected chi connectivity index (χ1v) is 9.47. The Hall–Kier alpha value is -1.79. The van der Waals surface area contributed by atoms with E-state index in [0.717, 1.165) is 69.7 Å². The van der Waals surface area contributed by atoms with E-state index in [-0.39, 0.29) is 6.03 Å². The van der Waals surface area contributed by atoms with Crippen molar-refractivity contribution in [1.29, 1.82) is 0 Å². The van der Waals surface area contributed by atoms with Gasteiger partial charge in [-0.3, -0.25) is 0 Å². The zero-order chi connectivity index (χ0) is 17.2. The van der Waals surface area contributed by atoms with Gasteiger partial charge in [0.1, 0.15) is 5.65 Å². The van der Waals surface area contributed by atoms with Gasteiger partial charge in [0.25, 0.3) is 0 Å². The lowest BCUT2D eigenvalue weighted by Gasteiger charge is -2.35. The number of fused-ring (bicyclic) bond motifs is 1. The number of hydrogen-bond donors (Lipinski definition) is 1. The number of halogens is 1. The third-order valence-electron chi connectivity index (χ3n) is 5.19. The number of imidazole rings is 1. The second-order valence-corrected chi connectivity index (χ2v) is 7.40. The predicted octanol–water partition coefficient (Wildman–Crippen LogP) is 2.76. The molecule has 2 saturated heterocycles. The van der Waals surface area contributed by atoms with Gasteiger partial charge in [0.2, 0.25) is 0 Å². The van der Waals surface area contributed by atoms with E-state index in [1.54, 1.807) is 0 Å². The SMILES string of the molecule is O=C(N1CCCC1)N1CCCC(NCc2cnc3ccc(Cl)cn23)C1. The highest BCUT2D eigenvalue weighted by atomic mass is 35.5. The lowest BCUT2D eigenvalue weighted by atomic mass is 10.1. The average Bonchev–Trinajstić information content (AvgIpc) is 3.29. The van der Waals surface area contributed by atoms with Crippen LogP contribution in [0.5, 0.6) is 0 Å². The molecule has 0 aromatic carbocycles. The molecule has 0 saturated carbocycles. The first kappa shape index (κ1) is 16.7. The molecule has 4 heterocycles. The van der Waals surface area contributed by atoms with E-state index in [1.807, 2.05) is 38.7 Å². The average molecular weight is 362 g/mol. The number of aromatic nitrogens is 2. The molecule has 1 atom stereocenters. The van der Waals surface area contributed by atoms with E-state index in [1.165, 1.54) is 0 Å². The zero-order valence-corrected chi connectivity index (χ0v) is 15.1. The van der Waals surface area contributed by atoms with Gasteiger partial charge in [0.15, 0.2) is 0 Å². The molecule has 2 aromatic rings. The Morgan fingerprint density at radius 2 is 2.00 bits per heavy atom. The van der Waals surface area contributed by atoms with Crippen molar-refractivity contribution >= 4 is 23.3 Å². The minimum Gasteiger partial charge on any atom is -0.325 e. The first-order chi connectivity index (χ1) is 12.2. The molecule has 2 aliphatic rings. The third kappa shape index (κ3) is 3.60. The number of carbonyl (C=O) groups excluding carboxylic acids is 1. The molecule has 134 valence electrons. The van der Waals surface area contributed by atoms with E-state index in [9.17, 15) is 4.79 Å². The Morgan fingerprint density at radius 1 is 1.20 bits per heavy atom. The quantitative estimate of drug-likeness (QED) is 0.914. The molecule has 7 heteroatoms. The second kappa shape index (κ2) is 7.22. The lowest BCUT2D eigenvalue weighted by Crippen LogP contribution is -2.51. The van der Waals surface area contributed by atoms with Crippen LogP contribution in [0, 0.1) is 0 Å². The Morgan fingerprint density at radius 3 is 2.84 bits per heavy atom. The molecular formula is C18H24ClN5O. The number of nitrogens with one attached hydrogen (secondary N) is 1. The highest BCUT2D eigenvalue weighted by Gasteiger charge is 2.28. The summed E-state index contributed by atoms with van der Waals surface area (Å²) in [5, 5.41) is 4.30. The van der Waals surface area contributed by atoms with Crippen LogP contribution in [0.25, 0.3) is 5.65 Å². The highest BCUT2D eigenvalue weighted by Crippen LogP contribution is 2.17. The molecule has 0 radical (unpaired) electrons. The number of nitrogens with zero attached hydrogens (tertiary/aromatic N) is 4. The molecule has 25 heavy (non-hydrogen) atoms. The number of likely N-dealkylation sites (tertiary alicyclic amines) is 2. The summed E-state index contributed by atoms with van der Waals surface area (Å²) in [6.45, 7) is 4.20. The van der Waals surface area contributed by atoms with Gasteiger partial charge in [-0.05, 0) is 37.8 Å². The molecular weight excluding hydrogens is 338 g/mol. The van der Waals surface area contributed by atoms with E-state index in [0.29, 0.717) is 11.1 Å². The summed E-state index contributed by atoms with van der Waals surface area (Å²) in [7, 11) is 0. The van der Waals surface area contributed by atoms with Crippen molar-refractivity contribution in [1.82, 2.24) is 24.5 Å². The monoisotopic (exact) mass is 361 g/mol. The summed E-state index contributed by atoms with van der Waals surface area (Å²) >= 11 is 6.09. The van der Waals surface area contributed by atoms with Crippen LogP contribution in [0.15, 0.2) is 24.5 Å².